The van der Waals surface area contributed by atoms with Gasteiger partial charge in [0.2, 0.25) is 6.79 Å². The van der Waals surface area contributed by atoms with Gasteiger partial charge >= 0.3 is 0 Å². The Morgan fingerprint density at radius 1 is 1.26 bits per heavy atom. The number of furan rings is 1. The van der Waals surface area contributed by atoms with E-state index < -0.39 is 11.1 Å². The van der Waals surface area contributed by atoms with Crippen LogP contribution in [0, 0.1) is 6.92 Å². The van der Waals surface area contributed by atoms with Crippen LogP contribution in [0.3, 0.4) is 0 Å². The first-order chi connectivity index (χ1) is 15.0. The Balaban J connectivity index is 1.63. The van der Waals surface area contributed by atoms with Crippen molar-refractivity contribution >= 4 is 39.7 Å². The highest BCUT2D eigenvalue weighted by atomic mass is 32.2. The highest BCUT2D eigenvalue weighted by Gasteiger charge is 2.23. The number of nitrogens with two attached hydrogens (primary N) is 1. The van der Waals surface area contributed by atoms with Crippen molar-refractivity contribution in [3.8, 4) is 22.8 Å². The van der Waals surface area contributed by atoms with Crippen molar-refractivity contribution in [1.82, 2.24) is 14.5 Å². The molecule has 3 N–H and O–H groups in total. The maximum Gasteiger partial charge on any atom is 0.231 e. The first kappa shape index (κ1) is 19.9. The average Bonchev–Trinajstić information content (AvgIpc) is 3.45. The Hall–Kier alpha value is -3.02. The summed E-state index contributed by atoms with van der Waals surface area (Å²) in [6.07, 6.45) is 1.60. The predicted octanol–water partition coefficient (Wildman–Crippen LogP) is 3.68. The van der Waals surface area contributed by atoms with Gasteiger partial charge in [0.05, 0.1) is 11.4 Å². The fourth-order valence-electron chi connectivity index (χ4n) is 3.34. The molecule has 0 fully saturated rings. The number of aryl methyl sites for hydroxylation is 2. The maximum atomic E-state index is 11.3. The Morgan fingerprint density at radius 2 is 2.06 bits per heavy atom. The van der Waals surface area contributed by atoms with Gasteiger partial charge in [0.15, 0.2) is 33.4 Å². The van der Waals surface area contributed by atoms with Crippen LogP contribution in [0.15, 0.2) is 51.0 Å². The van der Waals surface area contributed by atoms with Crippen molar-refractivity contribution in [2.45, 2.75) is 23.5 Å². The molecule has 1 atom stereocenters. The zero-order chi connectivity index (χ0) is 21.5. The fourth-order valence-corrected chi connectivity index (χ4v) is 4.74. The lowest BCUT2D eigenvalue weighted by Crippen LogP contribution is -2.08. The minimum Gasteiger partial charge on any atom is -0.461 e. The molecule has 0 spiro atoms. The number of nitrogen functional groups attached to an aromatic ring is 1. The third kappa shape index (κ3) is 3.75. The summed E-state index contributed by atoms with van der Waals surface area (Å²) >= 11 is -0.576. The zero-order valence-corrected chi connectivity index (χ0v) is 18.0. The van der Waals surface area contributed by atoms with E-state index in [4.69, 9.17) is 19.6 Å². The van der Waals surface area contributed by atoms with Gasteiger partial charge in [-0.05, 0) is 37.3 Å². The number of benzene rings is 1. The molecule has 9 nitrogen and oxygen atoms in total. The monoisotopic (exact) mass is 458 g/mol. The van der Waals surface area contributed by atoms with Crippen LogP contribution in [0.5, 0.6) is 11.5 Å². The molecular weight excluding hydrogens is 440 g/mol. The summed E-state index contributed by atoms with van der Waals surface area (Å²) in [4.78, 5) is 9.89. The molecule has 1 aliphatic heterocycles. The van der Waals surface area contributed by atoms with Gasteiger partial charge < -0.3 is 28.7 Å². The van der Waals surface area contributed by atoms with E-state index in [0.717, 1.165) is 16.2 Å². The number of hydrogen-bond acceptors (Lipinski definition) is 8. The zero-order valence-electron chi connectivity index (χ0n) is 16.4. The van der Waals surface area contributed by atoms with Crippen LogP contribution >= 0.6 is 11.8 Å². The van der Waals surface area contributed by atoms with Gasteiger partial charge in [0.25, 0.3) is 0 Å². The summed E-state index contributed by atoms with van der Waals surface area (Å²) < 4.78 is 39.4. The number of hydrogen-bond donors (Lipinski definition) is 2. The van der Waals surface area contributed by atoms with Gasteiger partial charge in [0, 0.05) is 23.2 Å². The summed E-state index contributed by atoms with van der Waals surface area (Å²) in [5.41, 5.74) is 8.52. The van der Waals surface area contributed by atoms with Crippen molar-refractivity contribution in [3.63, 3.8) is 0 Å². The van der Waals surface area contributed by atoms with Crippen molar-refractivity contribution < 1.29 is 22.7 Å². The van der Waals surface area contributed by atoms with Crippen molar-refractivity contribution in [2.75, 3.05) is 18.3 Å². The summed E-state index contributed by atoms with van der Waals surface area (Å²) in [6, 6.07) is 9.23. The van der Waals surface area contributed by atoms with Gasteiger partial charge in [-0.1, -0.05) is 11.8 Å². The van der Waals surface area contributed by atoms with Gasteiger partial charge in [-0.15, -0.1) is 0 Å². The molecule has 0 radical (unpaired) electrons. The number of aromatic nitrogens is 3. The smallest absolute Gasteiger partial charge is 0.231 e. The number of nitrogens with zero attached hydrogens (tertiary/aromatic N) is 3. The molecule has 1 unspecified atom stereocenters. The molecule has 4 aromatic rings. The molecule has 4 heterocycles. The number of rotatable bonds is 6. The Kier molecular flexibility index (Phi) is 5.08. The molecular formula is C20H18N4O5S2. The van der Waals surface area contributed by atoms with Gasteiger partial charge in [-0.3, -0.25) is 0 Å². The quantitative estimate of drug-likeness (QED) is 0.416. The van der Waals surface area contributed by atoms with Crippen LogP contribution in [-0.2, 0) is 17.6 Å². The Morgan fingerprint density at radius 3 is 2.81 bits per heavy atom. The number of ether oxygens (including phenoxy) is 2. The lowest BCUT2D eigenvalue weighted by atomic mass is 10.1. The second-order valence-corrected chi connectivity index (χ2v) is 8.92. The molecule has 31 heavy (non-hydrogen) atoms. The van der Waals surface area contributed by atoms with E-state index in [1.54, 1.807) is 16.8 Å². The molecule has 1 aliphatic rings. The van der Waals surface area contributed by atoms with Gasteiger partial charge in [-0.2, -0.15) is 0 Å². The summed E-state index contributed by atoms with van der Waals surface area (Å²) in [5, 5.41) is 0.592. The van der Waals surface area contributed by atoms with Crippen LogP contribution in [0.2, 0.25) is 0 Å². The molecule has 0 saturated carbocycles. The van der Waals surface area contributed by atoms with E-state index in [-0.39, 0.29) is 19.1 Å². The summed E-state index contributed by atoms with van der Waals surface area (Å²) in [5.74, 6) is 2.80. The standard InChI is InChI=1S/C20H18N4O5S2/c1-11-2-3-14(29-11)12-8-15-16(28-10-27-15)9-17(12)30-20-23-18-13(21)4-5-22-19(18)24(20)6-7-31(25)26/h2-5,8-9H,6-7,10H2,1H3,(H2,21,22)(H,25,26). The third-order valence-corrected chi connectivity index (χ3v) is 6.39. The van der Waals surface area contributed by atoms with Crippen LogP contribution < -0.4 is 15.2 Å². The van der Waals surface area contributed by atoms with Crippen LogP contribution in [0.4, 0.5) is 5.69 Å². The molecule has 0 bridgehead atoms. The van der Waals surface area contributed by atoms with Crippen molar-refractivity contribution in [3.05, 3.63) is 42.3 Å². The SMILES string of the molecule is Cc1ccc(-c2cc3c(cc2Sc2nc4c(N)ccnc4n2CCS(=O)O)OCO3)o1. The molecule has 160 valence electrons. The lowest BCUT2D eigenvalue weighted by molar-refractivity contribution is 0.174. The fraction of sp³-hybridized carbons (Fsp3) is 0.200. The highest BCUT2D eigenvalue weighted by molar-refractivity contribution is 7.99. The highest BCUT2D eigenvalue weighted by Crippen LogP contribution is 2.45. The number of fused-ring (bicyclic) bond motifs is 2. The number of imidazole rings is 1. The molecule has 0 saturated heterocycles. The van der Waals surface area contributed by atoms with Crippen molar-refractivity contribution in [1.29, 1.82) is 0 Å². The second-order valence-electron chi connectivity index (χ2n) is 6.86. The topological polar surface area (TPSA) is 126 Å². The molecule has 0 aliphatic carbocycles. The molecule has 5 rings (SSSR count). The van der Waals surface area contributed by atoms with E-state index in [1.165, 1.54) is 11.8 Å². The van der Waals surface area contributed by atoms with E-state index in [1.807, 2.05) is 31.2 Å². The van der Waals surface area contributed by atoms with Crippen LogP contribution in [0.25, 0.3) is 22.5 Å². The normalized spacial score (nSPS) is 13.7. The molecule has 0 amide bonds. The van der Waals surface area contributed by atoms with Gasteiger partial charge in [0.1, 0.15) is 17.0 Å². The van der Waals surface area contributed by atoms with E-state index in [9.17, 15) is 8.76 Å². The van der Waals surface area contributed by atoms with Crippen LogP contribution in [0.1, 0.15) is 5.76 Å². The minimum absolute atomic E-state index is 0.0425. The largest absolute Gasteiger partial charge is 0.461 e. The average molecular weight is 459 g/mol. The minimum atomic E-state index is -1.95. The second kappa shape index (κ2) is 7.91. The van der Waals surface area contributed by atoms with E-state index in [0.29, 0.717) is 39.3 Å². The maximum absolute atomic E-state index is 11.3. The molecule has 11 heteroatoms. The third-order valence-electron chi connectivity index (χ3n) is 4.80. The Bertz CT molecular complexity index is 1320. The first-order valence-corrected chi connectivity index (χ1v) is 11.5. The lowest BCUT2D eigenvalue weighted by Gasteiger charge is -2.11. The first-order valence-electron chi connectivity index (χ1n) is 9.36. The van der Waals surface area contributed by atoms with Gasteiger partial charge in [-0.25, -0.2) is 14.2 Å². The number of pyridine rings is 1. The van der Waals surface area contributed by atoms with Crippen LogP contribution in [-0.4, -0.2) is 35.8 Å². The summed E-state index contributed by atoms with van der Waals surface area (Å²) in [7, 11) is 0. The van der Waals surface area contributed by atoms with Crippen molar-refractivity contribution in [2.24, 2.45) is 0 Å². The van der Waals surface area contributed by atoms with E-state index in [2.05, 4.69) is 9.97 Å². The van der Waals surface area contributed by atoms with E-state index >= 15 is 0 Å². The molecule has 1 aromatic carbocycles. The predicted molar refractivity (Wildman–Crippen MR) is 117 cm³/mol. The Labute approximate surface area is 183 Å². The molecule has 3 aromatic heterocycles. The summed E-state index contributed by atoms with van der Waals surface area (Å²) in [6.45, 7) is 2.30. The number of anilines is 1.